The van der Waals surface area contributed by atoms with Crippen LogP contribution in [0.5, 0.6) is 0 Å². The number of thiazole rings is 1. The molecule has 0 fully saturated rings. The molecule has 4 aromatic rings. The van der Waals surface area contributed by atoms with Crippen molar-refractivity contribution in [2.45, 2.75) is 37.6 Å². The molecular weight excluding hydrogens is 436 g/mol. The Balaban J connectivity index is 1.66. The van der Waals surface area contributed by atoms with Crippen molar-refractivity contribution in [1.82, 2.24) is 15.0 Å². The minimum absolute atomic E-state index is 0.0596. The van der Waals surface area contributed by atoms with Crippen LogP contribution >= 0.6 is 34.4 Å². The number of carbonyl (C=O) groups excluding carboxylic acids is 2. The van der Waals surface area contributed by atoms with Crippen LogP contribution in [0, 0.1) is 20.8 Å². The van der Waals surface area contributed by atoms with Crippen molar-refractivity contribution in [3.05, 3.63) is 57.2 Å². The molecule has 0 spiro atoms. The van der Waals surface area contributed by atoms with Crippen molar-refractivity contribution in [3.8, 4) is 0 Å². The van der Waals surface area contributed by atoms with Crippen LogP contribution in [0.4, 0.5) is 5.13 Å². The molecule has 0 saturated carbocycles. The number of ketones is 1. The Hall–Kier alpha value is -2.62. The summed E-state index contributed by atoms with van der Waals surface area (Å²) in [4.78, 5) is 41.3. The van der Waals surface area contributed by atoms with Gasteiger partial charge in [-0.2, -0.15) is 0 Å². The van der Waals surface area contributed by atoms with Crippen molar-refractivity contribution in [1.29, 1.82) is 0 Å². The second kappa shape index (κ2) is 8.25. The quantitative estimate of drug-likeness (QED) is 0.308. The Morgan fingerprint density at radius 1 is 1.07 bits per heavy atom. The molecule has 0 aliphatic carbocycles. The van der Waals surface area contributed by atoms with E-state index in [1.54, 1.807) is 30.7 Å². The number of nitrogens with zero attached hydrogens (tertiary/aromatic N) is 3. The minimum atomic E-state index is -0.273. The molecule has 9 heteroatoms. The zero-order chi connectivity index (χ0) is 21.4. The van der Waals surface area contributed by atoms with Crippen LogP contribution in [0.1, 0.15) is 43.1 Å². The molecule has 30 heavy (non-hydrogen) atoms. The first-order chi connectivity index (χ1) is 14.3. The zero-order valence-corrected chi connectivity index (χ0v) is 19.2. The predicted octanol–water partition coefficient (Wildman–Crippen LogP) is 5.68. The molecule has 0 bridgehead atoms. The standard InChI is InChI=1S/C21H18N4O2S3/c1-10-13(4)28-19-16(10)20(23-9-22-19)29-15-8-6-5-7-14(15)18(27)25-21-24-11(2)17(30-21)12(3)26/h5-9H,1-4H3,(H,24,25,27). The Bertz CT molecular complexity index is 1290. The number of nitrogens with one attached hydrogen (secondary N) is 1. The maximum Gasteiger partial charge on any atom is 0.258 e. The zero-order valence-electron chi connectivity index (χ0n) is 16.8. The number of anilines is 1. The van der Waals surface area contributed by atoms with E-state index < -0.39 is 0 Å². The van der Waals surface area contributed by atoms with Gasteiger partial charge in [0, 0.05) is 22.1 Å². The molecule has 0 saturated heterocycles. The fourth-order valence-electron chi connectivity index (χ4n) is 3.02. The van der Waals surface area contributed by atoms with E-state index >= 15 is 0 Å². The SMILES string of the molecule is CC(=O)c1sc(NC(=O)c2ccccc2Sc2ncnc3sc(C)c(C)c23)nc1C. The van der Waals surface area contributed by atoms with Crippen molar-refractivity contribution in [2.24, 2.45) is 0 Å². The highest BCUT2D eigenvalue weighted by Crippen LogP contribution is 2.38. The van der Waals surface area contributed by atoms with Gasteiger partial charge in [0.1, 0.15) is 16.2 Å². The highest BCUT2D eigenvalue weighted by molar-refractivity contribution is 7.99. The van der Waals surface area contributed by atoms with Crippen molar-refractivity contribution < 1.29 is 9.59 Å². The molecule has 0 radical (unpaired) electrons. The number of Topliss-reactive ketones (excluding diaryl/α,β-unsaturated/α-hetero) is 1. The first-order valence-corrected chi connectivity index (χ1v) is 11.6. The maximum absolute atomic E-state index is 13.0. The molecule has 0 aliphatic heterocycles. The maximum atomic E-state index is 13.0. The molecule has 152 valence electrons. The average Bonchev–Trinajstić information content (AvgIpc) is 3.22. The predicted molar refractivity (Wildman–Crippen MR) is 122 cm³/mol. The van der Waals surface area contributed by atoms with Gasteiger partial charge in [0.25, 0.3) is 5.91 Å². The molecule has 1 N–H and O–H groups in total. The van der Waals surface area contributed by atoms with Gasteiger partial charge in [-0.05, 0) is 38.5 Å². The highest BCUT2D eigenvalue weighted by Gasteiger charge is 2.19. The van der Waals surface area contributed by atoms with Crippen LogP contribution < -0.4 is 5.32 Å². The lowest BCUT2D eigenvalue weighted by Gasteiger charge is -2.09. The van der Waals surface area contributed by atoms with Gasteiger partial charge in [-0.15, -0.1) is 11.3 Å². The fraction of sp³-hybridized carbons (Fsp3) is 0.190. The number of benzene rings is 1. The minimum Gasteiger partial charge on any atom is -0.298 e. The molecule has 4 rings (SSSR count). The summed E-state index contributed by atoms with van der Waals surface area (Å²) in [6.07, 6.45) is 1.56. The fourth-order valence-corrected chi connectivity index (χ4v) is 6.01. The van der Waals surface area contributed by atoms with E-state index in [-0.39, 0.29) is 11.7 Å². The molecule has 1 amide bonds. The van der Waals surface area contributed by atoms with E-state index in [0.29, 0.717) is 21.3 Å². The van der Waals surface area contributed by atoms with E-state index in [1.165, 1.54) is 34.9 Å². The van der Waals surface area contributed by atoms with Gasteiger partial charge >= 0.3 is 0 Å². The molecular formula is C21H18N4O2S3. The lowest BCUT2D eigenvalue weighted by atomic mass is 10.2. The summed E-state index contributed by atoms with van der Waals surface area (Å²) in [5.74, 6) is -0.332. The topological polar surface area (TPSA) is 84.8 Å². The van der Waals surface area contributed by atoms with Crippen LogP contribution in [-0.2, 0) is 0 Å². The summed E-state index contributed by atoms with van der Waals surface area (Å²) in [5.41, 5.74) is 2.31. The summed E-state index contributed by atoms with van der Waals surface area (Å²) >= 11 is 4.28. The first kappa shape index (κ1) is 20.6. The van der Waals surface area contributed by atoms with Crippen molar-refractivity contribution >= 4 is 61.5 Å². The third-order valence-corrected chi connectivity index (χ3v) is 7.97. The van der Waals surface area contributed by atoms with E-state index in [4.69, 9.17) is 0 Å². The van der Waals surface area contributed by atoms with E-state index in [2.05, 4.69) is 34.1 Å². The van der Waals surface area contributed by atoms with Crippen molar-refractivity contribution in [3.63, 3.8) is 0 Å². The lowest BCUT2D eigenvalue weighted by molar-refractivity contribution is 0.101. The third kappa shape index (κ3) is 3.88. The number of hydrogen-bond acceptors (Lipinski definition) is 8. The van der Waals surface area contributed by atoms with Crippen LogP contribution in [0.2, 0.25) is 0 Å². The smallest absolute Gasteiger partial charge is 0.258 e. The molecule has 3 aromatic heterocycles. The number of fused-ring (bicyclic) bond motifs is 1. The molecule has 0 atom stereocenters. The first-order valence-electron chi connectivity index (χ1n) is 9.12. The Kier molecular flexibility index (Phi) is 5.68. The second-order valence-electron chi connectivity index (χ2n) is 6.68. The Labute approximate surface area is 185 Å². The number of hydrogen-bond donors (Lipinski definition) is 1. The average molecular weight is 455 g/mol. The summed E-state index contributed by atoms with van der Waals surface area (Å²) < 4.78 is 0. The molecule has 0 aliphatic rings. The summed E-state index contributed by atoms with van der Waals surface area (Å²) in [5, 5.41) is 5.09. The lowest BCUT2D eigenvalue weighted by Crippen LogP contribution is -2.12. The third-order valence-electron chi connectivity index (χ3n) is 4.61. The monoisotopic (exact) mass is 454 g/mol. The number of aromatic nitrogens is 3. The summed E-state index contributed by atoms with van der Waals surface area (Å²) in [6, 6.07) is 7.39. The molecule has 3 heterocycles. The normalized spacial score (nSPS) is 11.1. The largest absolute Gasteiger partial charge is 0.298 e. The van der Waals surface area contributed by atoms with E-state index in [1.807, 2.05) is 18.2 Å². The Morgan fingerprint density at radius 2 is 1.83 bits per heavy atom. The van der Waals surface area contributed by atoms with Gasteiger partial charge in [0.2, 0.25) is 0 Å². The number of amides is 1. The van der Waals surface area contributed by atoms with Crippen LogP contribution in [0.25, 0.3) is 10.2 Å². The number of carbonyl (C=O) groups is 2. The van der Waals surface area contributed by atoms with Gasteiger partial charge in [0.15, 0.2) is 10.9 Å². The molecule has 0 unspecified atom stereocenters. The molecule has 6 nitrogen and oxygen atoms in total. The summed E-state index contributed by atoms with van der Waals surface area (Å²) in [6.45, 7) is 7.40. The van der Waals surface area contributed by atoms with Crippen LogP contribution in [0.15, 0.2) is 40.5 Å². The number of rotatable bonds is 5. The van der Waals surface area contributed by atoms with Crippen LogP contribution in [-0.4, -0.2) is 26.6 Å². The number of aryl methyl sites for hydroxylation is 3. The van der Waals surface area contributed by atoms with Gasteiger partial charge in [0.05, 0.1) is 16.1 Å². The van der Waals surface area contributed by atoms with Crippen LogP contribution in [0.3, 0.4) is 0 Å². The Morgan fingerprint density at radius 3 is 2.57 bits per heavy atom. The van der Waals surface area contributed by atoms with Crippen molar-refractivity contribution in [2.75, 3.05) is 5.32 Å². The van der Waals surface area contributed by atoms with Gasteiger partial charge in [-0.1, -0.05) is 35.2 Å². The number of thiophene rings is 1. The van der Waals surface area contributed by atoms with Gasteiger partial charge < -0.3 is 0 Å². The second-order valence-corrected chi connectivity index (χ2v) is 9.92. The van der Waals surface area contributed by atoms with E-state index in [9.17, 15) is 9.59 Å². The van der Waals surface area contributed by atoms with Gasteiger partial charge in [-0.3, -0.25) is 14.9 Å². The van der Waals surface area contributed by atoms with Gasteiger partial charge in [-0.25, -0.2) is 15.0 Å². The van der Waals surface area contributed by atoms with E-state index in [0.717, 1.165) is 25.7 Å². The molecule has 1 aromatic carbocycles. The highest BCUT2D eigenvalue weighted by atomic mass is 32.2. The summed E-state index contributed by atoms with van der Waals surface area (Å²) in [7, 11) is 0.